The van der Waals surface area contributed by atoms with Gasteiger partial charge in [-0.3, -0.25) is 4.79 Å². The Kier molecular flexibility index (Phi) is 9.09. The fourth-order valence-corrected chi connectivity index (χ4v) is 5.83. The predicted octanol–water partition coefficient (Wildman–Crippen LogP) is 8.91. The van der Waals surface area contributed by atoms with Crippen LogP contribution in [-0.2, 0) is 13.0 Å². The standard InChI is InChI=1S/C24H20BrCl3O3S/c1-3-4-22-17(25)12-23(32-22)20(29)7-5-14-6-8-21(30-2)15(9-14)13-31-24-18(27)10-16(26)11-19(24)28/h5-12H,3-4,13H2,1-2H3/b7-5+. The van der Waals surface area contributed by atoms with Crippen LogP contribution in [0.15, 0.2) is 46.9 Å². The third kappa shape index (κ3) is 6.30. The number of ether oxygens (including phenoxy) is 2. The van der Waals surface area contributed by atoms with Gasteiger partial charge in [-0.1, -0.05) is 60.3 Å². The second-order valence-electron chi connectivity index (χ2n) is 6.89. The van der Waals surface area contributed by atoms with E-state index in [9.17, 15) is 4.79 Å². The Labute approximate surface area is 215 Å². The average molecular weight is 575 g/mol. The number of hydrogen-bond acceptors (Lipinski definition) is 4. The lowest BCUT2D eigenvalue weighted by molar-refractivity contribution is 0.105. The normalized spacial score (nSPS) is 11.2. The van der Waals surface area contributed by atoms with Crippen molar-refractivity contribution in [3.8, 4) is 11.5 Å². The van der Waals surface area contributed by atoms with Crippen molar-refractivity contribution in [2.45, 2.75) is 26.4 Å². The Morgan fingerprint density at radius 2 is 1.84 bits per heavy atom. The first-order chi connectivity index (χ1) is 15.3. The fourth-order valence-electron chi connectivity index (χ4n) is 3.01. The van der Waals surface area contributed by atoms with Crippen LogP contribution in [0.5, 0.6) is 11.5 Å². The Morgan fingerprint density at radius 3 is 2.50 bits per heavy atom. The van der Waals surface area contributed by atoms with E-state index in [4.69, 9.17) is 44.3 Å². The van der Waals surface area contributed by atoms with Crippen LogP contribution in [0.2, 0.25) is 15.1 Å². The number of thiophene rings is 1. The molecular formula is C24H20BrCl3O3S. The molecule has 1 aromatic heterocycles. The van der Waals surface area contributed by atoms with Crippen LogP contribution in [0.1, 0.15) is 39.0 Å². The summed E-state index contributed by atoms with van der Waals surface area (Å²) < 4.78 is 12.3. The van der Waals surface area contributed by atoms with E-state index in [1.165, 1.54) is 16.2 Å². The number of allylic oxidation sites excluding steroid dienone is 1. The van der Waals surface area contributed by atoms with Crippen molar-refractivity contribution in [2.24, 2.45) is 0 Å². The van der Waals surface area contributed by atoms with E-state index in [-0.39, 0.29) is 12.4 Å². The molecule has 0 atom stereocenters. The first-order valence-electron chi connectivity index (χ1n) is 9.77. The lowest BCUT2D eigenvalue weighted by Gasteiger charge is -2.13. The van der Waals surface area contributed by atoms with Gasteiger partial charge < -0.3 is 9.47 Å². The maximum absolute atomic E-state index is 12.6. The SMILES string of the molecule is CCCc1sc(C(=O)/C=C/c2ccc(OC)c(COc3c(Cl)cc(Cl)cc3Cl)c2)cc1Br. The van der Waals surface area contributed by atoms with Crippen LogP contribution in [0.4, 0.5) is 0 Å². The molecule has 0 saturated carbocycles. The van der Waals surface area contributed by atoms with Crippen LogP contribution >= 0.6 is 62.1 Å². The van der Waals surface area contributed by atoms with Crippen molar-refractivity contribution in [1.82, 2.24) is 0 Å². The molecule has 1 heterocycles. The van der Waals surface area contributed by atoms with Gasteiger partial charge in [0.1, 0.15) is 12.4 Å². The van der Waals surface area contributed by atoms with E-state index in [2.05, 4.69) is 22.9 Å². The van der Waals surface area contributed by atoms with Gasteiger partial charge in [0.05, 0.1) is 22.0 Å². The average Bonchev–Trinajstić information content (AvgIpc) is 3.12. The minimum atomic E-state index is -0.0357. The third-order valence-electron chi connectivity index (χ3n) is 4.54. The molecule has 0 fully saturated rings. The van der Waals surface area contributed by atoms with Gasteiger partial charge in [-0.05, 0) is 64.3 Å². The summed E-state index contributed by atoms with van der Waals surface area (Å²) in [6.45, 7) is 2.30. The highest BCUT2D eigenvalue weighted by Crippen LogP contribution is 2.37. The van der Waals surface area contributed by atoms with Gasteiger partial charge in [-0.25, -0.2) is 0 Å². The van der Waals surface area contributed by atoms with Crippen LogP contribution in [0, 0.1) is 0 Å². The van der Waals surface area contributed by atoms with Crippen LogP contribution in [0.25, 0.3) is 6.08 Å². The van der Waals surface area contributed by atoms with Gasteiger partial charge in [0.2, 0.25) is 0 Å². The molecule has 168 valence electrons. The Hall–Kier alpha value is -1.50. The molecule has 0 N–H and O–H groups in total. The molecule has 0 radical (unpaired) electrons. The second kappa shape index (κ2) is 11.6. The minimum absolute atomic E-state index is 0.0357. The monoisotopic (exact) mass is 572 g/mol. The van der Waals surface area contributed by atoms with E-state index in [0.29, 0.717) is 31.4 Å². The van der Waals surface area contributed by atoms with Gasteiger partial charge >= 0.3 is 0 Å². The fraction of sp³-hybridized carbons (Fsp3) is 0.208. The van der Waals surface area contributed by atoms with E-state index in [0.717, 1.165) is 28.4 Å². The summed E-state index contributed by atoms with van der Waals surface area (Å²) in [7, 11) is 1.59. The topological polar surface area (TPSA) is 35.5 Å². The minimum Gasteiger partial charge on any atom is -0.496 e. The van der Waals surface area contributed by atoms with Gasteiger partial charge in [0.25, 0.3) is 0 Å². The summed E-state index contributed by atoms with van der Waals surface area (Å²) in [5.74, 6) is 0.967. The number of carbonyl (C=O) groups excluding carboxylic acids is 1. The number of hydrogen-bond donors (Lipinski definition) is 0. The molecule has 0 aliphatic rings. The summed E-state index contributed by atoms with van der Waals surface area (Å²) >= 11 is 23.4. The van der Waals surface area contributed by atoms with E-state index in [1.807, 2.05) is 24.3 Å². The molecule has 3 nitrogen and oxygen atoms in total. The molecule has 32 heavy (non-hydrogen) atoms. The van der Waals surface area contributed by atoms with Crippen molar-refractivity contribution in [1.29, 1.82) is 0 Å². The Balaban J connectivity index is 1.77. The van der Waals surface area contributed by atoms with Crippen molar-refractivity contribution in [2.75, 3.05) is 7.11 Å². The highest BCUT2D eigenvalue weighted by molar-refractivity contribution is 9.10. The quantitative estimate of drug-likeness (QED) is 0.189. The number of halogens is 4. The Bertz CT molecular complexity index is 1130. The lowest BCUT2D eigenvalue weighted by Crippen LogP contribution is -2.00. The highest BCUT2D eigenvalue weighted by Gasteiger charge is 2.13. The van der Waals surface area contributed by atoms with Gasteiger partial charge in [0.15, 0.2) is 11.5 Å². The van der Waals surface area contributed by atoms with E-state index < -0.39 is 0 Å². The molecule has 0 bridgehead atoms. The molecule has 8 heteroatoms. The Morgan fingerprint density at radius 1 is 1.12 bits per heavy atom. The van der Waals surface area contributed by atoms with E-state index >= 15 is 0 Å². The molecule has 3 aromatic rings. The van der Waals surface area contributed by atoms with Crippen LogP contribution in [-0.4, -0.2) is 12.9 Å². The molecular weight excluding hydrogens is 555 g/mol. The summed E-state index contributed by atoms with van der Waals surface area (Å²) in [4.78, 5) is 14.5. The zero-order chi connectivity index (χ0) is 23.3. The molecule has 0 unspecified atom stereocenters. The molecule has 0 saturated heterocycles. The number of carbonyl (C=O) groups is 1. The van der Waals surface area contributed by atoms with Gasteiger partial charge in [-0.15, -0.1) is 11.3 Å². The number of ketones is 1. The lowest BCUT2D eigenvalue weighted by atomic mass is 10.1. The first-order valence-corrected chi connectivity index (χ1v) is 12.5. The molecule has 0 spiro atoms. The zero-order valence-corrected chi connectivity index (χ0v) is 22.1. The van der Waals surface area contributed by atoms with Crippen molar-refractivity contribution in [3.63, 3.8) is 0 Å². The maximum atomic E-state index is 12.6. The molecule has 3 rings (SSSR count). The summed E-state index contributed by atoms with van der Waals surface area (Å²) in [5.41, 5.74) is 1.63. The number of benzene rings is 2. The molecule has 0 aliphatic heterocycles. The molecule has 0 aliphatic carbocycles. The predicted molar refractivity (Wildman–Crippen MR) is 138 cm³/mol. The smallest absolute Gasteiger partial charge is 0.195 e. The van der Waals surface area contributed by atoms with Crippen molar-refractivity contribution in [3.05, 3.63) is 82.9 Å². The van der Waals surface area contributed by atoms with Crippen LogP contribution in [0.3, 0.4) is 0 Å². The van der Waals surface area contributed by atoms with Crippen LogP contribution < -0.4 is 9.47 Å². The summed E-state index contributed by atoms with van der Waals surface area (Å²) in [6.07, 6.45) is 5.34. The van der Waals surface area contributed by atoms with E-state index in [1.54, 1.807) is 31.4 Å². The summed E-state index contributed by atoms with van der Waals surface area (Å²) in [6, 6.07) is 10.6. The number of aryl methyl sites for hydroxylation is 1. The van der Waals surface area contributed by atoms with Crippen molar-refractivity contribution >= 4 is 73.9 Å². The largest absolute Gasteiger partial charge is 0.496 e. The zero-order valence-electron chi connectivity index (χ0n) is 17.4. The molecule has 2 aromatic carbocycles. The highest BCUT2D eigenvalue weighted by atomic mass is 79.9. The maximum Gasteiger partial charge on any atom is 0.195 e. The second-order valence-corrected chi connectivity index (χ2v) is 10.1. The summed E-state index contributed by atoms with van der Waals surface area (Å²) in [5, 5.41) is 1.08. The molecule has 0 amide bonds. The van der Waals surface area contributed by atoms with Gasteiger partial charge in [0, 0.05) is 19.9 Å². The van der Waals surface area contributed by atoms with Gasteiger partial charge in [-0.2, -0.15) is 0 Å². The first kappa shape index (κ1) is 25.1. The van der Waals surface area contributed by atoms with Crippen molar-refractivity contribution < 1.29 is 14.3 Å². The number of rotatable bonds is 9. The number of methoxy groups -OCH3 is 1. The third-order valence-corrected chi connectivity index (χ3v) is 7.50.